The van der Waals surface area contributed by atoms with E-state index >= 15 is 0 Å². The van der Waals surface area contributed by atoms with Gasteiger partial charge in [-0.3, -0.25) is 0 Å². The Labute approximate surface area is 126 Å². The molecule has 1 atom stereocenters. The first-order valence-electron chi connectivity index (χ1n) is 7.21. The van der Waals surface area contributed by atoms with Crippen molar-refractivity contribution in [2.75, 3.05) is 26.8 Å². The highest BCUT2D eigenvalue weighted by atomic mass is 32.2. The third-order valence-electron chi connectivity index (χ3n) is 3.70. The minimum atomic E-state index is -3.57. The predicted octanol–water partition coefficient (Wildman–Crippen LogP) is 2.13. The van der Waals surface area contributed by atoms with E-state index in [4.69, 9.17) is 9.47 Å². The summed E-state index contributed by atoms with van der Waals surface area (Å²) < 4.78 is 38.2. The second-order valence-corrected chi connectivity index (χ2v) is 7.43. The third-order valence-corrected chi connectivity index (χ3v) is 5.60. The van der Waals surface area contributed by atoms with E-state index in [1.165, 1.54) is 11.4 Å². The standard InChI is InChI=1S/C15H23NO4S/c1-12(2)14-11-16(9-6-10-20-14)21(17,18)15-8-5-4-7-13(15)19-3/h4-5,7-8,12,14H,6,9-11H2,1-3H3. The lowest BCUT2D eigenvalue weighted by atomic mass is 10.1. The lowest BCUT2D eigenvalue weighted by Gasteiger charge is -2.26. The Morgan fingerprint density at radius 2 is 2.05 bits per heavy atom. The highest BCUT2D eigenvalue weighted by molar-refractivity contribution is 7.89. The Morgan fingerprint density at radius 3 is 2.71 bits per heavy atom. The second-order valence-electron chi connectivity index (χ2n) is 5.52. The molecule has 0 radical (unpaired) electrons. The first kappa shape index (κ1) is 16.3. The molecule has 0 N–H and O–H groups in total. The summed E-state index contributed by atoms with van der Waals surface area (Å²) in [6, 6.07) is 6.73. The van der Waals surface area contributed by atoms with Crippen molar-refractivity contribution >= 4 is 10.0 Å². The molecule has 1 aromatic carbocycles. The Bertz CT molecular complexity index is 571. The molecule has 1 heterocycles. The molecular weight excluding hydrogens is 290 g/mol. The van der Waals surface area contributed by atoms with Crippen molar-refractivity contribution in [1.82, 2.24) is 4.31 Å². The fourth-order valence-corrected chi connectivity index (χ4v) is 4.06. The van der Waals surface area contributed by atoms with Crippen LogP contribution in [-0.2, 0) is 14.8 Å². The molecule has 1 aliphatic heterocycles. The van der Waals surface area contributed by atoms with Crippen LogP contribution in [0.25, 0.3) is 0 Å². The molecule has 0 saturated carbocycles. The molecule has 1 fully saturated rings. The number of rotatable bonds is 4. The molecule has 2 rings (SSSR count). The van der Waals surface area contributed by atoms with E-state index in [2.05, 4.69) is 0 Å². The maximum Gasteiger partial charge on any atom is 0.246 e. The monoisotopic (exact) mass is 313 g/mol. The minimum absolute atomic E-state index is 0.0722. The van der Waals surface area contributed by atoms with Gasteiger partial charge in [0.1, 0.15) is 10.6 Å². The Hall–Kier alpha value is -1.11. The van der Waals surface area contributed by atoms with Gasteiger partial charge in [0.25, 0.3) is 0 Å². The highest BCUT2D eigenvalue weighted by Gasteiger charge is 2.32. The molecule has 1 unspecified atom stereocenters. The van der Waals surface area contributed by atoms with Gasteiger partial charge in [-0.05, 0) is 24.5 Å². The molecule has 1 aromatic rings. The number of benzene rings is 1. The van der Waals surface area contributed by atoms with E-state index in [1.807, 2.05) is 13.8 Å². The first-order valence-corrected chi connectivity index (χ1v) is 8.65. The Kier molecular flexibility index (Phi) is 5.24. The molecule has 1 aliphatic rings. The zero-order valence-corrected chi connectivity index (χ0v) is 13.6. The van der Waals surface area contributed by atoms with Crippen LogP contribution >= 0.6 is 0 Å². The number of hydrogen-bond donors (Lipinski definition) is 0. The average molecular weight is 313 g/mol. The van der Waals surface area contributed by atoms with E-state index in [0.717, 1.165) is 0 Å². The van der Waals surface area contributed by atoms with Crippen molar-refractivity contribution in [3.05, 3.63) is 24.3 Å². The van der Waals surface area contributed by atoms with Crippen LogP contribution in [0.2, 0.25) is 0 Å². The van der Waals surface area contributed by atoms with Crippen LogP contribution in [0, 0.1) is 5.92 Å². The van der Waals surface area contributed by atoms with Crippen LogP contribution in [0.4, 0.5) is 0 Å². The summed E-state index contributed by atoms with van der Waals surface area (Å²) in [6.45, 7) is 5.55. The van der Waals surface area contributed by atoms with Gasteiger partial charge in [0.15, 0.2) is 0 Å². The number of nitrogens with zero attached hydrogens (tertiary/aromatic N) is 1. The van der Waals surface area contributed by atoms with Crippen LogP contribution in [0.1, 0.15) is 20.3 Å². The maximum absolute atomic E-state index is 12.9. The van der Waals surface area contributed by atoms with Crippen LogP contribution < -0.4 is 4.74 Å². The Balaban J connectivity index is 2.33. The number of methoxy groups -OCH3 is 1. The van der Waals surface area contributed by atoms with Gasteiger partial charge in [0.2, 0.25) is 10.0 Å². The van der Waals surface area contributed by atoms with Crippen molar-refractivity contribution in [1.29, 1.82) is 0 Å². The second kappa shape index (κ2) is 6.77. The summed E-state index contributed by atoms with van der Waals surface area (Å²) in [7, 11) is -2.08. The number of ether oxygens (including phenoxy) is 2. The SMILES string of the molecule is COc1ccccc1S(=O)(=O)N1CCCOC(C(C)C)C1. The van der Waals surface area contributed by atoms with Gasteiger partial charge in [0, 0.05) is 19.7 Å². The molecule has 0 bridgehead atoms. The fourth-order valence-electron chi connectivity index (χ4n) is 2.41. The number of hydrogen-bond acceptors (Lipinski definition) is 4. The van der Waals surface area contributed by atoms with Crippen LogP contribution in [-0.4, -0.2) is 45.6 Å². The van der Waals surface area contributed by atoms with E-state index < -0.39 is 10.0 Å². The van der Waals surface area contributed by atoms with Crippen LogP contribution in [0.15, 0.2) is 29.2 Å². The molecule has 0 spiro atoms. The topological polar surface area (TPSA) is 55.8 Å². The van der Waals surface area contributed by atoms with Gasteiger partial charge in [0.05, 0.1) is 13.2 Å². The van der Waals surface area contributed by atoms with Crippen LogP contribution in [0.3, 0.4) is 0 Å². The van der Waals surface area contributed by atoms with E-state index in [9.17, 15) is 8.42 Å². The van der Waals surface area contributed by atoms with Crippen molar-refractivity contribution in [3.63, 3.8) is 0 Å². The van der Waals surface area contributed by atoms with Crippen molar-refractivity contribution in [2.24, 2.45) is 5.92 Å². The number of para-hydroxylation sites is 1. The molecule has 6 heteroatoms. The normalized spacial score (nSPS) is 21.2. The molecule has 0 aliphatic carbocycles. The van der Waals surface area contributed by atoms with Gasteiger partial charge in [-0.1, -0.05) is 26.0 Å². The summed E-state index contributed by atoms with van der Waals surface area (Å²) in [5.74, 6) is 0.655. The summed E-state index contributed by atoms with van der Waals surface area (Å²) in [5.41, 5.74) is 0. The lowest BCUT2D eigenvalue weighted by Crippen LogP contribution is -2.38. The third kappa shape index (κ3) is 3.56. The molecule has 5 nitrogen and oxygen atoms in total. The lowest BCUT2D eigenvalue weighted by molar-refractivity contribution is 0.0301. The zero-order chi connectivity index (χ0) is 15.5. The molecular formula is C15H23NO4S. The summed E-state index contributed by atoms with van der Waals surface area (Å²) in [4.78, 5) is 0.219. The summed E-state index contributed by atoms with van der Waals surface area (Å²) in [6.07, 6.45) is 0.634. The van der Waals surface area contributed by atoms with Gasteiger partial charge >= 0.3 is 0 Å². The molecule has 118 valence electrons. The van der Waals surface area contributed by atoms with E-state index in [1.54, 1.807) is 24.3 Å². The van der Waals surface area contributed by atoms with Crippen molar-refractivity contribution in [3.8, 4) is 5.75 Å². The Morgan fingerprint density at radius 1 is 1.33 bits per heavy atom. The molecule has 21 heavy (non-hydrogen) atoms. The largest absolute Gasteiger partial charge is 0.495 e. The maximum atomic E-state index is 12.9. The number of sulfonamides is 1. The predicted molar refractivity (Wildman–Crippen MR) is 80.9 cm³/mol. The average Bonchev–Trinajstić information content (AvgIpc) is 2.73. The minimum Gasteiger partial charge on any atom is -0.495 e. The summed E-state index contributed by atoms with van der Waals surface area (Å²) in [5, 5.41) is 0. The first-order chi connectivity index (χ1) is 9.96. The van der Waals surface area contributed by atoms with Gasteiger partial charge < -0.3 is 9.47 Å². The fraction of sp³-hybridized carbons (Fsp3) is 0.600. The van der Waals surface area contributed by atoms with Gasteiger partial charge in [-0.25, -0.2) is 8.42 Å². The van der Waals surface area contributed by atoms with E-state index in [0.29, 0.717) is 31.9 Å². The smallest absolute Gasteiger partial charge is 0.246 e. The van der Waals surface area contributed by atoms with Crippen molar-refractivity contribution < 1.29 is 17.9 Å². The highest BCUT2D eigenvalue weighted by Crippen LogP contribution is 2.28. The van der Waals surface area contributed by atoms with Gasteiger partial charge in [-0.2, -0.15) is 4.31 Å². The van der Waals surface area contributed by atoms with Crippen LogP contribution in [0.5, 0.6) is 5.75 Å². The zero-order valence-electron chi connectivity index (χ0n) is 12.8. The molecule has 0 amide bonds. The summed E-state index contributed by atoms with van der Waals surface area (Å²) >= 11 is 0. The molecule has 1 saturated heterocycles. The van der Waals surface area contributed by atoms with Gasteiger partial charge in [-0.15, -0.1) is 0 Å². The molecule has 0 aromatic heterocycles. The van der Waals surface area contributed by atoms with Crippen molar-refractivity contribution in [2.45, 2.75) is 31.3 Å². The van der Waals surface area contributed by atoms with E-state index in [-0.39, 0.29) is 16.9 Å². The quantitative estimate of drug-likeness (QED) is 0.854.